The Morgan fingerprint density at radius 3 is 1.48 bits per heavy atom. The second-order valence-electron chi connectivity index (χ2n) is 16.0. The van der Waals surface area contributed by atoms with E-state index in [1.54, 1.807) is 0 Å². The molecule has 0 atom stereocenters. The first-order valence-electron chi connectivity index (χ1n) is 21.3. The van der Waals surface area contributed by atoms with Crippen molar-refractivity contribution in [1.29, 1.82) is 0 Å². The Kier molecular flexibility index (Phi) is 8.65. The Balaban J connectivity index is 1.13. The van der Waals surface area contributed by atoms with Crippen LogP contribution in [0, 0.1) is 0 Å². The van der Waals surface area contributed by atoms with Gasteiger partial charge in [0.05, 0.1) is 11.4 Å². The van der Waals surface area contributed by atoms with Gasteiger partial charge in [-0.15, -0.1) is 10.0 Å². The minimum atomic E-state index is -1.91. The number of rotatable bonds is 7. The molecule has 1 heterocycles. The van der Waals surface area contributed by atoms with Crippen molar-refractivity contribution in [2.24, 2.45) is 0 Å². The van der Waals surface area contributed by atoms with Gasteiger partial charge in [-0.05, 0) is 121 Å². The van der Waals surface area contributed by atoms with Gasteiger partial charge in [0.15, 0.2) is 0 Å². The van der Waals surface area contributed by atoms with E-state index in [0.717, 1.165) is 11.4 Å². The van der Waals surface area contributed by atoms with Crippen molar-refractivity contribution in [3.8, 4) is 33.4 Å². The van der Waals surface area contributed by atoms with Crippen molar-refractivity contribution in [3.05, 3.63) is 249 Å². The maximum Gasteiger partial charge on any atom is 0.0551 e. The molecule has 62 heavy (non-hydrogen) atoms. The number of benzene rings is 11. The summed E-state index contributed by atoms with van der Waals surface area (Å²) in [6.45, 7) is 0. The van der Waals surface area contributed by atoms with Gasteiger partial charge >= 0.3 is 0 Å². The minimum Gasteiger partial charge on any atom is -0.309 e. The van der Waals surface area contributed by atoms with Crippen LogP contribution in [0.5, 0.6) is 0 Å². The quantitative estimate of drug-likeness (QED) is 0.155. The maximum absolute atomic E-state index is 2.52. The molecule has 1 aliphatic rings. The lowest BCUT2D eigenvalue weighted by molar-refractivity contribution is 1.26. The van der Waals surface area contributed by atoms with Crippen LogP contribution in [0.25, 0.3) is 65.7 Å². The molecule has 292 valence electrons. The van der Waals surface area contributed by atoms with Crippen molar-refractivity contribution >= 4 is 59.4 Å². The van der Waals surface area contributed by atoms with E-state index in [1.165, 1.54) is 91.0 Å². The Hall–Kier alpha value is -7.65. The second kappa shape index (κ2) is 14.8. The normalized spacial score (nSPS) is 13.2. The van der Waals surface area contributed by atoms with Crippen molar-refractivity contribution in [1.82, 2.24) is 0 Å². The zero-order valence-electron chi connectivity index (χ0n) is 34.0. The van der Waals surface area contributed by atoms with E-state index in [2.05, 4.69) is 254 Å². The molecule has 0 radical (unpaired) electrons. The van der Waals surface area contributed by atoms with E-state index in [1.807, 2.05) is 0 Å². The van der Waals surface area contributed by atoms with Gasteiger partial charge in [-0.1, -0.05) is 182 Å². The molecule has 0 fully saturated rings. The summed E-state index contributed by atoms with van der Waals surface area (Å²) in [6.07, 6.45) is 0. The zero-order chi connectivity index (χ0) is 41.0. The molecule has 0 bridgehead atoms. The molecular formula is C60H41NS. The van der Waals surface area contributed by atoms with Crippen LogP contribution in [0.15, 0.2) is 268 Å². The van der Waals surface area contributed by atoms with Crippen molar-refractivity contribution < 1.29 is 0 Å². The second-order valence-corrected chi connectivity index (χ2v) is 19.1. The summed E-state index contributed by atoms with van der Waals surface area (Å²) < 4.78 is 0. The van der Waals surface area contributed by atoms with Gasteiger partial charge < -0.3 is 4.90 Å². The first-order chi connectivity index (χ1) is 30.8. The Morgan fingerprint density at radius 1 is 0.306 bits per heavy atom. The summed E-state index contributed by atoms with van der Waals surface area (Å²) in [5.74, 6) is 0. The number of hydrogen-bond donors (Lipinski definition) is 0. The van der Waals surface area contributed by atoms with Gasteiger partial charge in [-0.25, -0.2) is 0 Å². The van der Waals surface area contributed by atoms with Gasteiger partial charge in [0.25, 0.3) is 0 Å². The SMILES string of the molecule is c1ccc(-c2cccc3cccc(-c4ccc(N(c5cccc6c5-c5cc7ccccc7cc5S6(c5ccccc5)c5ccccc5)c5cccc6ccccc56)cc4)c23)cc1. The highest BCUT2D eigenvalue weighted by Gasteiger charge is 2.44. The number of anilines is 3. The van der Waals surface area contributed by atoms with Crippen LogP contribution in [0.3, 0.4) is 0 Å². The van der Waals surface area contributed by atoms with Crippen LogP contribution in [0.2, 0.25) is 0 Å². The Morgan fingerprint density at radius 2 is 0.806 bits per heavy atom. The van der Waals surface area contributed by atoms with Crippen molar-refractivity contribution in [2.75, 3.05) is 4.90 Å². The van der Waals surface area contributed by atoms with Gasteiger partial charge in [-0.3, -0.25) is 0 Å². The summed E-state index contributed by atoms with van der Waals surface area (Å²) >= 11 is 0. The summed E-state index contributed by atoms with van der Waals surface area (Å²) in [7, 11) is -1.91. The molecule has 0 aliphatic carbocycles. The van der Waals surface area contributed by atoms with Crippen LogP contribution in [0.4, 0.5) is 17.1 Å². The molecule has 0 amide bonds. The smallest absolute Gasteiger partial charge is 0.0551 e. The Labute approximate surface area is 364 Å². The van der Waals surface area contributed by atoms with Crippen LogP contribution in [0.1, 0.15) is 0 Å². The number of hydrogen-bond acceptors (Lipinski definition) is 1. The van der Waals surface area contributed by atoms with Gasteiger partial charge in [0.2, 0.25) is 0 Å². The molecular weight excluding hydrogens is 767 g/mol. The van der Waals surface area contributed by atoms with Gasteiger partial charge in [-0.2, -0.15) is 0 Å². The Bertz CT molecular complexity index is 3400. The van der Waals surface area contributed by atoms with Crippen molar-refractivity contribution in [3.63, 3.8) is 0 Å². The van der Waals surface area contributed by atoms with Gasteiger partial charge in [0, 0.05) is 36.2 Å². The van der Waals surface area contributed by atoms with E-state index < -0.39 is 10.0 Å². The molecule has 2 heteroatoms. The molecule has 11 aromatic rings. The van der Waals surface area contributed by atoms with Crippen LogP contribution >= 0.6 is 10.0 Å². The molecule has 0 N–H and O–H groups in total. The molecule has 1 aliphatic heterocycles. The fourth-order valence-corrected chi connectivity index (χ4v) is 14.2. The minimum absolute atomic E-state index is 1.11. The molecule has 0 saturated carbocycles. The lowest BCUT2D eigenvalue weighted by Crippen LogP contribution is -2.12. The summed E-state index contributed by atoms with van der Waals surface area (Å²) in [5, 5.41) is 7.43. The molecule has 0 unspecified atom stereocenters. The van der Waals surface area contributed by atoms with Crippen LogP contribution < -0.4 is 4.90 Å². The van der Waals surface area contributed by atoms with E-state index in [4.69, 9.17) is 0 Å². The molecule has 1 nitrogen and oxygen atoms in total. The third-order valence-corrected chi connectivity index (χ3v) is 16.6. The topological polar surface area (TPSA) is 3.24 Å². The molecule has 11 aromatic carbocycles. The van der Waals surface area contributed by atoms with Crippen molar-refractivity contribution in [2.45, 2.75) is 19.6 Å². The highest BCUT2D eigenvalue weighted by Crippen LogP contribution is 2.81. The van der Waals surface area contributed by atoms with E-state index in [-0.39, 0.29) is 0 Å². The lowest BCUT2D eigenvalue weighted by atomic mass is 9.91. The monoisotopic (exact) mass is 807 g/mol. The number of nitrogens with zero attached hydrogens (tertiary/aromatic N) is 1. The summed E-state index contributed by atoms with van der Waals surface area (Å²) in [4.78, 5) is 7.95. The van der Waals surface area contributed by atoms with E-state index in [0.29, 0.717) is 0 Å². The number of fused-ring (bicyclic) bond motifs is 6. The predicted molar refractivity (Wildman–Crippen MR) is 263 cm³/mol. The third-order valence-electron chi connectivity index (χ3n) is 12.6. The predicted octanol–water partition coefficient (Wildman–Crippen LogP) is 17.3. The third kappa shape index (κ3) is 5.65. The summed E-state index contributed by atoms with van der Waals surface area (Å²) in [6, 6.07) is 92.2. The summed E-state index contributed by atoms with van der Waals surface area (Å²) in [5.41, 5.74) is 10.9. The molecule has 0 spiro atoms. The first-order valence-corrected chi connectivity index (χ1v) is 23.0. The zero-order valence-corrected chi connectivity index (χ0v) is 34.8. The average molecular weight is 808 g/mol. The largest absolute Gasteiger partial charge is 0.309 e. The lowest BCUT2D eigenvalue weighted by Gasteiger charge is -2.39. The average Bonchev–Trinajstić information content (AvgIpc) is 3.64. The first kappa shape index (κ1) is 36.2. The molecule has 0 saturated heterocycles. The highest BCUT2D eigenvalue weighted by atomic mass is 32.3. The van der Waals surface area contributed by atoms with E-state index in [9.17, 15) is 0 Å². The maximum atomic E-state index is 2.52. The standard InChI is InChI=1S/C60H41NS/c1-4-18-43(19-5-1)52-31-14-24-45-25-15-32-53(59(45)52)44-36-38-48(39-37-44)61(55-33-16-23-42-20-12-13-30-51(42)55)56-34-17-35-57-60(56)54-40-46-21-10-11-22-47(46)41-58(54)62(57,49-26-6-2-7-27-49)50-28-8-3-9-29-50/h1-41H. The van der Waals surface area contributed by atoms with E-state index >= 15 is 0 Å². The molecule has 0 aromatic heterocycles. The van der Waals surface area contributed by atoms with Crippen LogP contribution in [-0.4, -0.2) is 0 Å². The van der Waals surface area contributed by atoms with Gasteiger partial charge in [0.1, 0.15) is 0 Å². The molecule has 12 rings (SSSR count). The fraction of sp³-hybridized carbons (Fsp3) is 0. The highest BCUT2D eigenvalue weighted by molar-refractivity contribution is 8.34. The fourth-order valence-electron chi connectivity index (χ4n) is 9.95. The van der Waals surface area contributed by atoms with Crippen LogP contribution in [-0.2, 0) is 0 Å².